The van der Waals surface area contributed by atoms with E-state index >= 15 is 0 Å². The fraction of sp³-hybridized carbons (Fsp3) is 0.611. The number of nitrogens with one attached hydrogen (secondary N) is 4. The van der Waals surface area contributed by atoms with Crippen LogP contribution in [0.5, 0.6) is 0 Å². The normalized spacial score (nSPS) is 10.8. The van der Waals surface area contributed by atoms with Crippen LogP contribution in [0.3, 0.4) is 0 Å². The smallest absolute Gasteiger partial charge is 0.307 e. The minimum absolute atomic E-state index is 0.00375. The van der Waals surface area contributed by atoms with Crippen molar-refractivity contribution < 1.29 is 62.0 Å². The number of Topliss-reactive ketones (excluding diaryl/α,β-unsaturated/α-hetero) is 2. The monoisotopic (exact) mass is 750 g/mol. The van der Waals surface area contributed by atoms with Gasteiger partial charge in [0.2, 0.25) is 23.6 Å². The summed E-state index contributed by atoms with van der Waals surface area (Å²) in [6.07, 6.45) is -0.301. The van der Waals surface area contributed by atoms with Gasteiger partial charge in [0.05, 0.1) is 59.6 Å². The van der Waals surface area contributed by atoms with Gasteiger partial charge in [0.25, 0.3) is 0 Å². The predicted octanol–water partition coefficient (Wildman–Crippen LogP) is 0.455. The predicted molar refractivity (Wildman–Crippen MR) is 189 cm³/mol. The van der Waals surface area contributed by atoms with E-state index in [4.69, 9.17) is 18.9 Å². The molecule has 17 nitrogen and oxygen atoms in total. The summed E-state index contributed by atoms with van der Waals surface area (Å²) in [6.45, 7) is 2.39. The Kier molecular flexibility index (Phi) is 24.3. The molecule has 53 heavy (non-hydrogen) atoms. The Labute approximate surface area is 309 Å². The van der Waals surface area contributed by atoms with Crippen LogP contribution in [0.2, 0.25) is 0 Å². The summed E-state index contributed by atoms with van der Waals surface area (Å²) >= 11 is 0. The fourth-order valence-electron chi connectivity index (χ4n) is 4.34. The van der Waals surface area contributed by atoms with Crippen molar-refractivity contribution in [2.24, 2.45) is 0 Å². The van der Waals surface area contributed by atoms with Crippen molar-refractivity contribution in [1.29, 1.82) is 0 Å². The van der Waals surface area contributed by atoms with E-state index < -0.39 is 29.3 Å². The van der Waals surface area contributed by atoms with E-state index in [0.717, 1.165) is 5.56 Å². The van der Waals surface area contributed by atoms with Crippen LogP contribution < -0.4 is 21.3 Å². The summed E-state index contributed by atoms with van der Waals surface area (Å²) in [7, 11) is 1.24. The van der Waals surface area contributed by atoms with Gasteiger partial charge in [0, 0.05) is 58.2 Å². The van der Waals surface area contributed by atoms with Crippen molar-refractivity contribution in [3.05, 3.63) is 35.9 Å². The zero-order valence-corrected chi connectivity index (χ0v) is 30.9. The average Bonchev–Trinajstić information content (AvgIpc) is 3.12. The Morgan fingerprint density at radius 3 is 1.43 bits per heavy atom. The SMILES string of the molecule is COC(=O)CCNC(=O)CCOCC(COCCC(=O)NCCC(C)=O)(COCCC(=O)NCCC(C)=O)NC(=O)CCC(=O)OCc1ccccc1. The molecule has 0 saturated carbocycles. The second-order valence-electron chi connectivity index (χ2n) is 12.2. The number of hydrogen-bond acceptors (Lipinski definition) is 13. The number of hydrogen-bond donors (Lipinski definition) is 4. The molecule has 0 unspecified atom stereocenters. The lowest BCUT2D eigenvalue weighted by Gasteiger charge is -2.34. The molecule has 0 spiro atoms. The minimum atomic E-state index is -1.40. The van der Waals surface area contributed by atoms with E-state index in [1.807, 2.05) is 18.2 Å². The maximum Gasteiger partial charge on any atom is 0.307 e. The van der Waals surface area contributed by atoms with Gasteiger partial charge >= 0.3 is 11.9 Å². The molecule has 0 aromatic heterocycles. The zero-order chi connectivity index (χ0) is 39.3. The van der Waals surface area contributed by atoms with Crippen molar-refractivity contribution >= 4 is 47.1 Å². The van der Waals surface area contributed by atoms with Gasteiger partial charge in [-0.25, -0.2) is 0 Å². The summed E-state index contributed by atoms with van der Waals surface area (Å²) in [6, 6.07) is 9.04. The van der Waals surface area contributed by atoms with Crippen LogP contribution in [-0.2, 0) is 68.6 Å². The van der Waals surface area contributed by atoms with Gasteiger partial charge in [-0.1, -0.05) is 30.3 Å². The molecule has 0 radical (unpaired) electrons. The van der Waals surface area contributed by atoms with Gasteiger partial charge in [0.1, 0.15) is 23.7 Å². The van der Waals surface area contributed by atoms with Gasteiger partial charge in [-0.15, -0.1) is 0 Å². The molecule has 0 heterocycles. The lowest BCUT2D eigenvalue weighted by Crippen LogP contribution is -2.58. The Hall–Kier alpha value is -4.74. The molecule has 4 N–H and O–H groups in total. The number of amides is 4. The van der Waals surface area contributed by atoms with Crippen molar-refractivity contribution in [3.63, 3.8) is 0 Å². The van der Waals surface area contributed by atoms with Crippen LogP contribution in [0.15, 0.2) is 30.3 Å². The summed E-state index contributed by atoms with van der Waals surface area (Å²) < 4.78 is 27.2. The molecule has 0 atom stereocenters. The van der Waals surface area contributed by atoms with Gasteiger partial charge in [-0.05, 0) is 19.4 Å². The first-order valence-electron chi connectivity index (χ1n) is 17.4. The molecule has 1 rings (SSSR count). The van der Waals surface area contributed by atoms with Crippen LogP contribution >= 0.6 is 0 Å². The molecule has 1 aromatic carbocycles. The number of ether oxygens (including phenoxy) is 5. The standard InChI is InChI=1S/C36H54N4O13/c1-27(41)11-17-37-30(43)14-20-50-24-36(25-51-21-15-31(44)38-18-12-28(2)42,26-52-22-16-32(45)39-19-13-34(47)49-3)40-33(46)9-10-35(48)53-23-29-7-5-4-6-8-29/h4-8H,9-26H2,1-3H3,(H,37,43)(H,38,44)(H,39,45)(H,40,46). The van der Waals surface area contributed by atoms with Crippen LogP contribution in [0.4, 0.5) is 0 Å². The van der Waals surface area contributed by atoms with Gasteiger partial charge in [0.15, 0.2) is 0 Å². The number of methoxy groups -OCH3 is 1. The Morgan fingerprint density at radius 1 is 0.547 bits per heavy atom. The third-order valence-corrected chi connectivity index (χ3v) is 7.24. The largest absolute Gasteiger partial charge is 0.469 e. The molecular formula is C36H54N4O13. The van der Waals surface area contributed by atoms with E-state index in [0.29, 0.717) is 0 Å². The van der Waals surface area contributed by atoms with Crippen molar-refractivity contribution in [3.8, 4) is 0 Å². The molecule has 0 aliphatic heterocycles. The van der Waals surface area contributed by atoms with Crippen molar-refractivity contribution in [2.75, 3.05) is 66.4 Å². The Balaban J connectivity index is 2.96. The molecule has 0 bridgehead atoms. The Morgan fingerprint density at radius 2 is 1.00 bits per heavy atom. The highest BCUT2D eigenvalue weighted by molar-refractivity contribution is 5.82. The lowest BCUT2D eigenvalue weighted by molar-refractivity contribution is -0.146. The second-order valence-corrected chi connectivity index (χ2v) is 12.2. The minimum Gasteiger partial charge on any atom is -0.469 e. The van der Waals surface area contributed by atoms with Gasteiger partial charge in [-0.3, -0.25) is 38.4 Å². The molecule has 0 saturated heterocycles. The summed E-state index contributed by atoms with van der Waals surface area (Å²) in [5.74, 6) is -2.87. The maximum atomic E-state index is 13.2. The van der Waals surface area contributed by atoms with E-state index in [-0.39, 0.29) is 141 Å². The first kappa shape index (κ1) is 46.3. The van der Waals surface area contributed by atoms with E-state index in [1.54, 1.807) is 12.1 Å². The molecule has 0 aliphatic rings. The van der Waals surface area contributed by atoms with E-state index in [1.165, 1.54) is 21.0 Å². The number of rotatable bonds is 30. The highest BCUT2D eigenvalue weighted by Gasteiger charge is 2.34. The summed E-state index contributed by atoms with van der Waals surface area (Å²) in [4.78, 5) is 96.0. The number of benzene rings is 1. The van der Waals surface area contributed by atoms with Crippen LogP contribution in [0.25, 0.3) is 0 Å². The van der Waals surface area contributed by atoms with Crippen LogP contribution in [-0.4, -0.2) is 119 Å². The number of ketones is 2. The number of carbonyl (C=O) groups is 8. The second kappa shape index (κ2) is 27.9. The van der Waals surface area contributed by atoms with Crippen LogP contribution in [0.1, 0.15) is 70.8 Å². The van der Waals surface area contributed by atoms with Gasteiger partial charge in [-0.2, -0.15) is 0 Å². The third kappa shape index (κ3) is 25.0. The first-order chi connectivity index (χ1) is 25.3. The van der Waals surface area contributed by atoms with Crippen molar-refractivity contribution in [2.45, 2.75) is 77.4 Å². The molecule has 1 aromatic rings. The number of esters is 2. The molecule has 0 aliphatic carbocycles. The summed E-state index contributed by atoms with van der Waals surface area (Å²) in [5, 5.41) is 10.6. The molecule has 17 heteroatoms. The Bertz CT molecular complexity index is 1280. The van der Waals surface area contributed by atoms with Crippen molar-refractivity contribution in [1.82, 2.24) is 21.3 Å². The third-order valence-electron chi connectivity index (χ3n) is 7.24. The molecule has 4 amide bonds. The summed E-state index contributed by atoms with van der Waals surface area (Å²) in [5.41, 5.74) is -0.615. The van der Waals surface area contributed by atoms with E-state index in [9.17, 15) is 38.4 Å². The zero-order valence-electron chi connectivity index (χ0n) is 30.9. The maximum absolute atomic E-state index is 13.2. The highest BCUT2D eigenvalue weighted by Crippen LogP contribution is 2.12. The van der Waals surface area contributed by atoms with E-state index in [2.05, 4.69) is 26.0 Å². The topological polar surface area (TPSA) is 231 Å². The molecule has 0 fully saturated rings. The molecule has 296 valence electrons. The average molecular weight is 751 g/mol. The lowest BCUT2D eigenvalue weighted by atomic mass is 10.0. The first-order valence-corrected chi connectivity index (χ1v) is 17.4. The quantitative estimate of drug-likeness (QED) is 0.0619. The number of carbonyl (C=O) groups excluding carboxylic acids is 8. The highest BCUT2D eigenvalue weighted by atomic mass is 16.5. The fourth-order valence-corrected chi connectivity index (χ4v) is 4.34. The van der Waals surface area contributed by atoms with Crippen LogP contribution in [0, 0.1) is 0 Å². The molecular weight excluding hydrogens is 696 g/mol. The van der Waals surface area contributed by atoms with Gasteiger partial charge < -0.3 is 45.0 Å².